The van der Waals surface area contributed by atoms with E-state index in [4.69, 9.17) is 14.9 Å². The van der Waals surface area contributed by atoms with Gasteiger partial charge in [0.15, 0.2) is 0 Å². The van der Waals surface area contributed by atoms with Crippen molar-refractivity contribution in [1.82, 2.24) is 0 Å². The quantitative estimate of drug-likeness (QED) is 0.379. The molecule has 0 aliphatic rings. The lowest BCUT2D eigenvalue weighted by atomic mass is 10.4. The Kier molecular flexibility index (Phi) is 16.4. The second kappa shape index (κ2) is 15.1. The third-order valence-corrected chi connectivity index (χ3v) is 1.55. The van der Waals surface area contributed by atoms with Gasteiger partial charge in [-0.15, -0.1) is 0 Å². The molecule has 5 nitrogen and oxygen atoms in total. The number of aliphatic hydroxyl groups is 2. The van der Waals surface area contributed by atoms with Crippen molar-refractivity contribution in [2.45, 2.75) is 26.7 Å². The molecule has 5 heteroatoms. The molecule has 0 rings (SSSR count). The third-order valence-electron chi connectivity index (χ3n) is 1.55. The molecule has 0 aromatic heterocycles. The summed E-state index contributed by atoms with van der Waals surface area (Å²) in [6.07, 6.45) is 2.26. The van der Waals surface area contributed by atoms with E-state index in [2.05, 4.69) is 18.2 Å². The predicted octanol–water partition coefficient (Wildman–Crippen LogP) is 0.893. The van der Waals surface area contributed by atoms with Crippen molar-refractivity contribution >= 4 is 5.97 Å². The molecule has 0 aliphatic carbocycles. The topological polar surface area (TPSA) is 76.0 Å². The molecular weight excluding hydrogens is 224 g/mol. The van der Waals surface area contributed by atoms with Crippen molar-refractivity contribution in [1.29, 1.82) is 0 Å². The number of ether oxygens (including phenoxy) is 2. The number of aliphatic hydroxyl groups excluding tert-OH is 2. The van der Waals surface area contributed by atoms with Crippen LogP contribution in [0.1, 0.15) is 26.7 Å². The minimum absolute atomic E-state index is 0.0473. The van der Waals surface area contributed by atoms with Gasteiger partial charge >= 0.3 is 5.97 Å². The van der Waals surface area contributed by atoms with Crippen LogP contribution in [0, 0.1) is 0 Å². The molecule has 0 spiro atoms. The van der Waals surface area contributed by atoms with Crippen LogP contribution in [-0.2, 0) is 14.3 Å². The van der Waals surface area contributed by atoms with Gasteiger partial charge in [0.1, 0.15) is 6.61 Å². The van der Waals surface area contributed by atoms with Crippen LogP contribution in [0.5, 0.6) is 0 Å². The van der Waals surface area contributed by atoms with Crippen molar-refractivity contribution in [3.05, 3.63) is 12.2 Å². The first-order chi connectivity index (χ1) is 8.09. The van der Waals surface area contributed by atoms with Gasteiger partial charge < -0.3 is 19.7 Å². The van der Waals surface area contributed by atoms with Crippen molar-refractivity contribution in [3.8, 4) is 0 Å². The highest BCUT2D eigenvalue weighted by atomic mass is 16.5. The van der Waals surface area contributed by atoms with Crippen LogP contribution in [0.4, 0.5) is 0 Å². The summed E-state index contributed by atoms with van der Waals surface area (Å²) in [6.45, 7) is 8.35. The van der Waals surface area contributed by atoms with Gasteiger partial charge in [-0.05, 0) is 13.3 Å². The molecule has 0 amide bonds. The molecule has 0 heterocycles. The fourth-order valence-corrected chi connectivity index (χ4v) is 0.675. The van der Waals surface area contributed by atoms with Crippen LogP contribution in [-0.4, -0.2) is 49.2 Å². The van der Waals surface area contributed by atoms with Gasteiger partial charge in [0.2, 0.25) is 0 Å². The van der Waals surface area contributed by atoms with Crippen LogP contribution >= 0.6 is 0 Å². The molecule has 102 valence electrons. The zero-order valence-corrected chi connectivity index (χ0v) is 10.8. The van der Waals surface area contributed by atoms with Gasteiger partial charge in [0.05, 0.1) is 19.8 Å². The molecule has 0 saturated heterocycles. The Hall–Kier alpha value is -0.910. The van der Waals surface area contributed by atoms with Gasteiger partial charge in [-0.3, -0.25) is 0 Å². The molecular formula is C12H24O5. The van der Waals surface area contributed by atoms with Crippen molar-refractivity contribution in [2.24, 2.45) is 0 Å². The standard InChI is InChI=1S/C6H10O3.C6H14O2/c1-5(2)6(8)9-4-3-7;1-2-3-5-8-6-4-7/h7H,1,3-4H2,2H3;7H,2-6H2,1H3. The summed E-state index contributed by atoms with van der Waals surface area (Å²) in [7, 11) is 0. The van der Waals surface area contributed by atoms with E-state index in [9.17, 15) is 4.79 Å². The van der Waals surface area contributed by atoms with E-state index in [0.717, 1.165) is 19.4 Å². The van der Waals surface area contributed by atoms with Gasteiger partial charge in [0, 0.05) is 12.2 Å². The van der Waals surface area contributed by atoms with Crippen molar-refractivity contribution in [3.63, 3.8) is 0 Å². The number of unbranched alkanes of at least 4 members (excludes halogenated alkanes) is 1. The maximum atomic E-state index is 10.5. The Bertz CT molecular complexity index is 185. The lowest BCUT2D eigenvalue weighted by Crippen LogP contribution is -2.08. The zero-order valence-electron chi connectivity index (χ0n) is 10.8. The molecule has 2 N–H and O–H groups in total. The Balaban J connectivity index is 0. The average molecular weight is 248 g/mol. The highest BCUT2D eigenvalue weighted by Gasteiger charge is 1.99. The van der Waals surface area contributed by atoms with E-state index in [-0.39, 0.29) is 19.8 Å². The van der Waals surface area contributed by atoms with Crippen LogP contribution in [0.25, 0.3) is 0 Å². The SMILES string of the molecule is C=C(C)C(=O)OCCO.CCCCOCCO. The smallest absolute Gasteiger partial charge is 0.333 e. The van der Waals surface area contributed by atoms with E-state index < -0.39 is 5.97 Å². The first-order valence-electron chi connectivity index (χ1n) is 5.72. The summed E-state index contributed by atoms with van der Waals surface area (Å²) >= 11 is 0. The van der Waals surface area contributed by atoms with Crippen LogP contribution < -0.4 is 0 Å². The Morgan fingerprint density at radius 2 is 1.76 bits per heavy atom. The van der Waals surface area contributed by atoms with Gasteiger partial charge in [-0.1, -0.05) is 19.9 Å². The third kappa shape index (κ3) is 17.7. The van der Waals surface area contributed by atoms with Crippen LogP contribution in [0.15, 0.2) is 12.2 Å². The molecule has 17 heavy (non-hydrogen) atoms. The van der Waals surface area contributed by atoms with Gasteiger partial charge in [0.25, 0.3) is 0 Å². The second-order valence-electron chi connectivity index (χ2n) is 3.33. The summed E-state index contributed by atoms with van der Waals surface area (Å²) in [5.74, 6) is -0.455. The number of carbonyl (C=O) groups is 1. The summed E-state index contributed by atoms with van der Waals surface area (Å²) in [4.78, 5) is 10.5. The summed E-state index contributed by atoms with van der Waals surface area (Å²) in [6, 6.07) is 0. The summed E-state index contributed by atoms with van der Waals surface area (Å²) in [5, 5.41) is 16.4. The number of hydrogen-bond acceptors (Lipinski definition) is 5. The Morgan fingerprint density at radius 3 is 2.18 bits per heavy atom. The molecule has 0 aromatic rings. The molecule has 0 radical (unpaired) electrons. The van der Waals surface area contributed by atoms with E-state index in [1.165, 1.54) is 0 Å². The monoisotopic (exact) mass is 248 g/mol. The van der Waals surface area contributed by atoms with E-state index in [1.54, 1.807) is 6.92 Å². The molecule has 0 atom stereocenters. The van der Waals surface area contributed by atoms with Crippen LogP contribution in [0.2, 0.25) is 0 Å². The molecule has 0 bridgehead atoms. The summed E-state index contributed by atoms with van der Waals surface area (Å²) < 4.78 is 9.44. The number of hydrogen-bond donors (Lipinski definition) is 2. The minimum Gasteiger partial charge on any atom is -0.460 e. The lowest BCUT2D eigenvalue weighted by molar-refractivity contribution is -0.139. The van der Waals surface area contributed by atoms with Crippen LogP contribution in [0.3, 0.4) is 0 Å². The molecule has 0 aromatic carbocycles. The second-order valence-corrected chi connectivity index (χ2v) is 3.33. The number of esters is 1. The van der Waals surface area contributed by atoms with Gasteiger partial charge in [-0.2, -0.15) is 0 Å². The number of rotatable bonds is 8. The highest BCUT2D eigenvalue weighted by Crippen LogP contribution is 1.90. The largest absolute Gasteiger partial charge is 0.460 e. The fraction of sp³-hybridized carbons (Fsp3) is 0.750. The summed E-state index contributed by atoms with van der Waals surface area (Å²) in [5.41, 5.74) is 0.350. The fourth-order valence-electron chi connectivity index (χ4n) is 0.675. The molecule has 0 unspecified atom stereocenters. The predicted molar refractivity (Wildman–Crippen MR) is 65.7 cm³/mol. The number of carbonyl (C=O) groups excluding carboxylic acids is 1. The molecule has 0 saturated carbocycles. The highest BCUT2D eigenvalue weighted by molar-refractivity contribution is 5.86. The maximum absolute atomic E-state index is 10.5. The Labute approximate surface area is 103 Å². The lowest BCUT2D eigenvalue weighted by Gasteiger charge is -1.99. The normalized spacial score (nSPS) is 9.18. The minimum atomic E-state index is -0.455. The van der Waals surface area contributed by atoms with E-state index >= 15 is 0 Å². The van der Waals surface area contributed by atoms with E-state index in [0.29, 0.717) is 12.2 Å². The first kappa shape index (κ1) is 18.5. The Morgan fingerprint density at radius 1 is 1.18 bits per heavy atom. The average Bonchev–Trinajstić information content (AvgIpc) is 2.32. The van der Waals surface area contributed by atoms with Crippen molar-refractivity contribution < 1.29 is 24.5 Å². The van der Waals surface area contributed by atoms with Gasteiger partial charge in [-0.25, -0.2) is 4.79 Å². The molecule has 0 aliphatic heterocycles. The molecule has 0 fully saturated rings. The van der Waals surface area contributed by atoms with Crippen molar-refractivity contribution in [2.75, 3.05) is 33.0 Å². The zero-order chi connectivity index (χ0) is 13.5. The maximum Gasteiger partial charge on any atom is 0.333 e. The van der Waals surface area contributed by atoms with E-state index in [1.807, 2.05) is 0 Å². The first-order valence-corrected chi connectivity index (χ1v) is 5.72.